The van der Waals surface area contributed by atoms with E-state index in [0.717, 1.165) is 34.1 Å². The molecule has 0 spiro atoms. The van der Waals surface area contributed by atoms with Crippen molar-refractivity contribution in [3.8, 4) is 17.2 Å². The number of pyridine rings is 1. The maximum Gasteiger partial charge on any atom is 0.313 e. The summed E-state index contributed by atoms with van der Waals surface area (Å²) in [4.78, 5) is 17.2. The standard InChI is InChI=1S/C25H29NO5/c1-6-16(2)31-19-9-7-8-17(10-19)11-21(25(27)30-5)22-15-26-14-18-12-23(28-3)24(29-4)13-20(18)22/h7-10,12-16,21H,6,11H2,1-5H3. The molecule has 0 saturated heterocycles. The van der Waals surface area contributed by atoms with E-state index in [0.29, 0.717) is 17.9 Å². The maximum atomic E-state index is 12.8. The summed E-state index contributed by atoms with van der Waals surface area (Å²) in [6.45, 7) is 4.12. The number of carbonyl (C=O) groups is 1. The second-order valence-corrected chi connectivity index (χ2v) is 7.42. The number of esters is 1. The Hall–Kier alpha value is -3.28. The molecule has 0 aliphatic heterocycles. The number of fused-ring (bicyclic) bond motifs is 1. The molecule has 3 aromatic rings. The molecule has 0 N–H and O–H groups in total. The molecule has 0 radical (unpaired) electrons. The highest BCUT2D eigenvalue weighted by Crippen LogP contribution is 2.36. The van der Waals surface area contributed by atoms with Gasteiger partial charge in [-0.25, -0.2) is 0 Å². The van der Waals surface area contributed by atoms with Gasteiger partial charge in [-0.15, -0.1) is 0 Å². The number of carbonyl (C=O) groups excluding carboxylic acids is 1. The third-order valence-corrected chi connectivity index (χ3v) is 5.41. The van der Waals surface area contributed by atoms with E-state index in [1.165, 1.54) is 7.11 Å². The summed E-state index contributed by atoms with van der Waals surface area (Å²) in [7, 11) is 4.58. The number of benzene rings is 2. The van der Waals surface area contributed by atoms with E-state index >= 15 is 0 Å². The summed E-state index contributed by atoms with van der Waals surface area (Å²) >= 11 is 0. The van der Waals surface area contributed by atoms with Crippen molar-refractivity contribution in [1.29, 1.82) is 0 Å². The monoisotopic (exact) mass is 423 g/mol. The van der Waals surface area contributed by atoms with Crippen molar-refractivity contribution in [3.63, 3.8) is 0 Å². The van der Waals surface area contributed by atoms with Crippen LogP contribution in [0.3, 0.4) is 0 Å². The predicted molar refractivity (Wildman–Crippen MR) is 120 cm³/mol. The van der Waals surface area contributed by atoms with Gasteiger partial charge < -0.3 is 18.9 Å². The molecule has 1 heterocycles. The van der Waals surface area contributed by atoms with Crippen molar-refractivity contribution in [2.24, 2.45) is 0 Å². The first-order chi connectivity index (χ1) is 15.0. The third-order valence-electron chi connectivity index (χ3n) is 5.41. The topological polar surface area (TPSA) is 66.9 Å². The van der Waals surface area contributed by atoms with Crippen LogP contribution >= 0.6 is 0 Å². The minimum atomic E-state index is -0.529. The lowest BCUT2D eigenvalue weighted by Gasteiger charge is -2.19. The second kappa shape index (κ2) is 10.2. The largest absolute Gasteiger partial charge is 0.493 e. The van der Waals surface area contributed by atoms with Crippen LogP contribution in [0, 0.1) is 0 Å². The first kappa shape index (κ1) is 22.4. The molecule has 0 aliphatic rings. The van der Waals surface area contributed by atoms with Gasteiger partial charge in [0.15, 0.2) is 11.5 Å². The van der Waals surface area contributed by atoms with E-state index in [9.17, 15) is 4.79 Å². The maximum absolute atomic E-state index is 12.8. The average Bonchev–Trinajstić information content (AvgIpc) is 2.80. The lowest BCUT2D eigenvalue weighted by molar-refractivity contribution is -0.142. The van der Waals surface area contributed by atoms with Gasteiger partial charge in [-0.2, -0.15) is 0 Å². The molecule has 0 aliphatic carbocycles. The minimum Gasteiger partial charge on any atom is -0.493 e. The molecule has 2 unspecified atom stereocenters. The van der Waals surface area contributed by atoms with E-state index in [1.54, 1.807) is 26.6 Å². The number of hydrogen-bond donors (Lipinski definition) is 0. The fourth-order valence-corrected chi connectivity index (χ4v) is 3.56. The molecule has 31 heavy (non-hydrogen) atoms. The van der Waals surface area contributed by atoms with Crippen molar-refractivity contribution in [3.05, 3.63) is 59.9 Å². The lowest BCUT2D eigenvalue weighted by Crippen LogP contribution is -2.18. The Bertz CT molecular complexity index is 1050. The van der Waals surface area contributed by atoms with Crippen LogP contribution in [-0.2, 0) is 16.0 Å². The zero-order chi connectivity index (χ0) is 22.4. The first-order valence-corrected chi connectivity index (χ1v) is 10.3. The highest BCUT2D eigenvalue weighted by Gasteiger charge is 2.25. The van der Waals surface area contributed by atoms with Crippen molar-refractivity contribution in [2.45, 2.75) is 38.7 Å². The molecule has 0 bridgehead atoms. The first-order valence-electron chi connectivity index (χ1n) is 10.3. The number of hydrogen-bond acceptors (Lipinski definition) is 6. The van der Waals surface area contributed by atoms with E-state index in [-0.39, 0.29) is 12.1 Å². The number of aromatic nitrogens is 1. The molecular weight excluding hydrogens is 394 g/mol. The molecular formula is C25H29NO5. The van der Waals surface area contributed by atoms with Gasteiger partial charge in [0.05, 0.1) is 33.4 Å². The lowest BCUT2D eigenvalue weighted by atomic mass is 9.89. The summed E-state index contributed by atoms with van der Waals surface area (Å²) in [5, 5.41) is 1.73. The molecule has 3 rings (SSSR count). The SMILES string of the molecule is CCC(C)Oc1cccc(CC(C(=O)OC)c2cncc3cc(OC)c(OC)cc23)c1. The molecule has 0 saturated carbocycles. The molecule has 6 nitrogen and oxygen atoms in total. The fourth-order valence-electron chi connectivity index (χ4n) is 3.56. The Morgan fingerprint density at radius 3 is 2.45 bits per heavy atom. The Labute approximate surface area is 183 Å². The zero-order valence-electron chi connectivity index (χ0n) is 18.7. The fraction of sp³-hybridized carbons (Fsp3) is 0.360. The summed E-state index contributed by atoms with van der Waals surface area (Å²) in [6.07, 6.45) is 4.96. The van der Waals surface area contributed by atoms with Crippen molar-refractivity contribution in [1.82, 2.24) is 4.98 Å². The quantitative estimate of drug-likeness (QED) is 0.455. The van der Waals surface area contributed by atoms with Gasteiger partial charge in [-0.1, -0.05) is 19.1 Å². The zero-order valence-corrected chi connectivity index (χ0v) is 18.7. The number of nitrogens with zero attached hydrogens (tertiary/aromatic N) is 1. The van der Waals surface area contributed by atoms with E-state index in [2.05, 4.69) is 11.9 Å². The van der Waals surface area contributed by atoms with Gasteiger partial charge >= 0.3 is 5.97 Å². The summed E-state index contributed by atoms with van der Waals surface area (Å²) < 4.78 is 22.0. The Kier molecular flexibility index (Phi) is 7.34. The van der Waals surface area contributed by atoms with Crippen LogP contribution in [0.25, 0.3) is 10.8 Å². The van der Waals surface area contributed by atoms with Crippen LogP contribution in [-0.4, -0.2) is 38.4 Å². The molecule has 0 amide bonds. The van der Waals surface area contributed by atoms with Gasteiger partial charge in [0, 0.05) is 17.8 Å². The molecule has 164 valence electrons. The Balaban J connectivity index is 2.03. The molecule has 2 atom stereocenters. The summed E-state index contributed by atoms with van der Waals surface area (Å²) in [5.41, 5.74) is 1.76. The van der Waals surface area contributed by atoms with Crippen molar-refractivity contribution >= 4 is 16.7 Å². The van der Waals surface area contributed by atoms with Gasteiger partial charge in [-0.05, 0) is 60.5 Å². The third kappa shape index (κ3) is 5.08. The van der Waals surface area contributed by atoms with E-state index in [4.69, 9.17) is 18.9 Å². The summed E-state index contributed by atoms with van der Waals surface area (Å²) in [6, 6.07) is 11.6. The van der Waals surface area contributed by atoms with Crippen molar-refractivity contribution in [2.75, 3.05) is 21.3 Å². The second-order valence-electron chi connectivity index (χ2n) is 7.42. The van der Waals surface area contributed by atoms with Gasteiger partial charge in [0.25, 0.3) is 0 Å². The van der Waals surface area contributed by atoms with Crippen molar-refractivity contribution < 1.29 is 23.7 Å². The molecule has 2 aromatic carbocycles. The van der Waals surface area contributed by atoms with Crippen LogP contribution in [0.2, 0.25) is 0 Å². The van der Waals surface area contributed by atoms with Crippen LogP contribution in [0.4, 0.5) is 0 Å². The molecule has 6 heteroatoms. The number of rotatable bonds is 9. The van der Waals surface area contributed by atoms with Crippen LogP contribution in [0.1, 0.15) is 37.3 Å². The number of ether oxygens (including phenoxy) is 4. The highest BCUT2D eigenvalue weighted by atomic mass is 16.5. The predicted octanol–water partition coefficient (Wildman–Crippen LogP) is 4.93. The van der Waals surface area contributed by atoms with Gasteiger partial charge in [0.1, 0.15) is 5.75 Å². The summed E-state index contributed by atoms with van der Waals surface area (Å²) in [5.74, 6) is 1.14. The minimum absolute atomic E-state index is 0.122. The number of methoxy groups -OCH3 is 3. The normalized spacial score (nSPS) is 12.8. The average molecular weight is 424 g/mol. The van der Waals surface area contributed by atoms with Crippen LogP contribution < -0.4 is 14.2 Å². The van der Waals surface area contributed by atoms with E-state index < -0.39 is 5.92 Å². The van der Waals surface area contributed by atoms with Crippen LogP contribution in [0.5, 0.6) is 17.2 Å². The Morgan fingerprint density at radius 1 is 1.03 bits per heavy atom. The van der Waals surface area contributed by atoms with Gasteiger partial charge in [0.2, 0.25) is 0 Å². The van der Waals surface area contributed by atoms with Crippen LogP contribution in [0.15, 0.2) is 48.8 Å². The van der Waals surface area contributed by atoms with E-state index in [1.807, 2.05) is 43.3 Å². The molecule has 0 fully saturated rings. The van der Waals surface area contributed by atoms with Gasteiger partial charge in [-0.3, -0.25) is 9.78 Å². The Morgan fingerprint density at radius 2 is 1.77 bits per heavy atom. The molecule has 1 aromatic heterocycles. The smallest absolute Gasteiger partial charge is 0.313 e. The highest BCUT2D eigenvalue weighted by molar-refractivity contribution is 5.92.